The van der Waals surface area contributed by atoms with Crippen molar-refractivity contribution in [2.75, 3.05) is 17.3 Å². The molecule has 0 saturated heterocycles. The first-order valence-electron chi connectivity index (χ1n) is 8.53. The van der Waals surface area contributed by atoms with E-state index in [1.54, 1.807) is 36.7 Å². The second-order valence-electron chi connectivity index (χ2n) is 5.93. The maximum absolute atomic E-state index is 12.9. The van der Waals surface area contributed by atoms with Crippen LogP contribution >= 0.6 is 0 Å². The summed E-state index contributed by atoms with van der Waals surface area (Å²) in [6, 6.07) is 13.1. The van der Waals surface area contributed by atoms with Gasteiger partial charge in [-0.15, -0.1) is 0 Å². The van der Waals surface area contributed by atoms with Gasteiger partial charge in [0.05, 0.1) is 23.9 Å². The highest BCUT2D eigenvalue weighted by atomic mass is 32.2. The molecule has 0 aliphatic carbocycles. The number of hydrazone groups is 1. The molecule has 11 heteroatoms. The molecule has 3 aromatic rings. The fourth-order valence-corrected chi connectivity index (χ4v) is 3.67. The number of nitro groups is 1. The van der Waals surface area contributed by atoms with Crippen LogP contribution in [-0.2, 0) is 10.0 Å². The van der Waals surface area contributed by atoms with E-state index in [2.05, 4.69) is 20.2 Å². The Morgan fingerprint density at radius 1 is 1.17 bits per heavy atom. The number of nitrogens with one attached hydrogen (secondary N) is 2. The van der Waals surface area contributed by atoms with Crippen LogP contribution in [-0.4, -0.2) is 31.6 Å². The average Bonchev–Trinajstić information content (AvgIpc) is 2.75. The third-order valence-corrected chi connectivity index (χ3v) is 5.31. The van der Waals surface area contributed by atoms with Gasteiger partial charge in [-0.05, 0) is 36.4 Å². The van der Waals surface area contributed by atoms with Crippen LogP contribution in [0, 0.1) is 10.1 Å². The van der Waals surface area contributed by atoms with Crippen molar-refractivity contribution in [3.05, 3.63) is 82.7 Å². The summed E-state index contributed by atoms with van der Waals surface area (Å²) < 4.78 is 33.3. The molecule has 154 valence electrons. The molecule has 0 bridgehead atoms. The molecule has 1 heterocycles. The second-order valence-corrected chi connectivity index (χ2v) is 7.58. The van der Waals surface area contributed by atoms with Gasteiger partial charge < -0.3 is 4.74 Å². The summed E-state index contributed by atoms with van der Waals surface area (Å²) in [5, 5.41) is 15.1. The standard InChI is InChI=1S/C19H17N5O5S/c1-29-17-7-4-15(5-8-17)23-30(27,28)19-11-16(24(25)26)6-9-18(19)22-21-13-14-3-2-10-20-12-14/h2-13,22-23H,1H3/b21-13-. The molecular formula is C19H17N5O5S. The van der Waals surface area contributed by atoms with Gasteiger partial charge in [-0.25, -0.2) is 8.42 Å². The first-order valence-corrected chi connectivity index (χ1v) is 10.0. The zero-order chi connectivity index (χ0) is 21.6. The van der Waals surface area contributed by atoms with Crippen molar-refractivity contribution in [2.24, 2.45) is 5.10 Å². The molecule has 3 rings (SSSR count). The van der Waals surface area contributed by atoms with Crippen molar-refractivity contribution in [3.63, 3.8) is 0 Å². The van der Waals surface area contributed by atoms with Crippen LogP contribution in [0.3, 0.4) is 0 Å². The molecule has 0 unspecified atom stereocenters. The molecule has 0 aliphatic rings. The lowest BCUT2D eigenvalue weighted by molar-refractivity contribution is -0.385. The van der Waals surface area contributed by atoms with Crippen molar-refractivity contribution in [1.29, 1.82) is 0 Å². The summed E-state index contributed by atoms with van der Waals surface area (Å²) in [5.41, 5.74) is 3.28. The lowest BCUT2D eigenvalue weighted by Crippen LogP contribution is -2.15. The highest BCUT2D eigenvalue weighted by Crippen LogP contribution is 2.28. The fraction of sp³-hybridized carbons (Fsp3) is 0.0526. The molecule has 0 aliphatic heterocycles. The van der Waals surface area contributed by atoms with Crippen LogP contribution in [0.1, 0.15) is 5.56 Å². The number of pyridine rings is 1. The van der Waals surface area contributed by atoms with E-state index in [0.717, 1.165) is 6.07 Å². The Kier molecular flexibility index (Phi) is 6.23. The van der Waals surface area contributed by atoms with Crippen LogP contribution in [0.4, 0.5) is 17.1 Å². The van der Waals surface area contributed by atoms with Crippen LogP contribution < -0.4 is 14.9 Å². The summed E-state index contributed by atoms with van der Waals surface area (Å²) in [4.78, 5) is 14.1. The molecule has 30 heavy (non-hydrogen) atoms. The number of ether oxygens (including phenoxy) is 1. The van der Waals surface area contributed by atoms with Gasteiger partial charge in [0.2, 0.25) is 0 Å². The minimum atomic E-state index is -4.16. The smallest absolute Gasteiger partial charge is 0.270 e. The number of sulfonamides is 1. The largest absolute Gasteiger partial charge is 0.497 e. The van der Waals surface area contributed by atoms with Crippen LogP contribution in [0.15, 0.2) is 77.0 Å². The van der Waals surface area contributed by atoms with E-state index in [1.165, 1.54) is 37.6 Å². The number of nitrogens with zero attached hydrogens (tertiary/aromatic N) is 3. The van der Waals surface area contributed by atoms with Gasteiger partial charge in [0.25, 0.3) is 15.7 Å². The van der Waals surface area contributed by atoms with Crippen LogP contribution in [0.25, 0.3) is 0 Å². The molecule has 0 amide bonds. The van der Waals surface area contributed by atoms with E-state index in [-0.39, 0.29) is 22.0 Å². The topological polar surface area (TPSA) is 136 Å². The Labute approximate surface area is 172 Å². The maximum atomic E-state index is 12.9. The monoisotopic (exact) mass is 427 g/mol. The van der Waals surface area contributed by atoms with E-state index in [1.807, 2.05) is 0 Å². The predicted molar refractivity (Wildman–Crippen MR) is 112 cm³/mol. The van der Waals surface area contributed by atoms with Gasteiger partial charge in [-0.1, -0.05) is 6.07 Å². The van der Waals surface area contributed by atoms with E-state index < -0.39 is 14.9 Å². The summed E-state index contributed by atoms with van der Waals surface area (Å²) in [6.07, 6.45) is 4.63. The summed E-state index contributed by atoms with van der Waals surface area (Å²) in [7, 11) is -2.67. The minimum Gasteiger partial charge on any atom is -0.497 e. The summed E-state index contributed by atoms with van der Waals surface area (Å²) in [5.74, 6) is 0.556. The van der Waals surface area contributed by atoms with Gasteiger partial charge in [-0.3, -0.25) is 25.2 Å². The van der Waals surface area contributed by atoms with E-state index in [4.69, 9.17) is 4.74 Å². The Hall–Kier alpha value is -3.99. The molecule has 0 radical (unpaired) electrons. The van der Waals surface area contributed by atoms with Crippen LogP contribution in [0.5, 0.6) is 5.75 Å². The molecule has 0 fully saturated rings. The minimum absolute atomic E-state index is 0.0711. The van der Waals surface area contributed by atoms with Crippen molar-refractivity contribution in [1.82, 2.24) is 4.98 Å². The number of nitro benzene ring substituents is 1. The lowest BCUT2D eigenvalue weighted by Gasteiger charge is -2.12. The first kappa shape index (κ1) is 20.7. The van der Waals surface area contributed by atoms with Crippen molar-refractivity contribution in [3.8, 4) is 5.75 Å². The number of methoxy groups -OCH3 is 1. The van der Waals surface area contributed by atoms with Gasteiger partial charge in [0.15, 0.2) is 0 Å². The predicted octanol–water partition coefficient (Wildman–Crippen LogP) is 3.25. The Morgan fingerprint density at radius 3 is 2.57 bits per heavy atom. The molecule has 2 aromatic carbocycles. The van der Waals surface area contributed by atoms with Crippen molar-refractivity contribution in [2.45, 2.75) is 4.90 Å². The van der Waals surface area contributed by atoms with E-state index in [0.29, 0.717) is 11.3 Å². The maximum Gasteiger partial charge on any atom is 0.270 e. The molecule has 0 saturated carbocycles. The highest BCUT2D eigenvalue weighted by Gasteiger charge is 2.22. The first-order chi connectivity index (χ1) is 14.4. The van der Waals surface area contributed by atoms with E-state index in [9.17, 15) is 18.5 Å². The summed E-state index contributed by atoms with van der Waals surface area (Å²) in [6.45, 7) is 0. The SMILES string of the molecule is COc1ccc(NS(=O)(=O)c2cc([N+](=O)[O-])ccc2N/N=C\c2cccnc2)cc1. The number of hydrogen-bond acceptors (Lipinski definition) is 8. The Morgan fingerprint density at radius 2 is 1.93 bits per heavy atom. The van der Waals surface area contributed by atoms with E-state index >= 15 is 0 Å². The third kappa shape index (κ3) is 5.08. The highest BCUT2D eigenvalue weighted by molar-refractivity contribution is 7.92. The van der Waals surface area contributed by atoms with Gasteiger partial charge in [-0.2, -0.15) is 5.10 Å². The molecule has 0 spiro atoms. The number of aromatic nitrogens is 1. The second kappa shape index (κ2) is 9.01. The number of benzene rings is 2. The molecule has 2 N–H and O–H groups in total. The number of rotatable bonds is 8. The summed E-state index contributed by atoms with van der Waals surface area (Å²) >= 11 is 0. The zero-order valence-corrected chi connectivity index (χ0v) is 16.5. The zero-order valence-electron chi connectivity index (χ0n) is 15.7. The quantitative estimate of drug-likeness (QED) is 0.320. The molecule has 1 aromatic heterocycles. The molecule has 10 nitrogen and oxygen atoms in total. The Balaban J connectivity index is 1.92. The molecular weight excluding hydrogens is 410 g/mol. The normalized spacial score (nSPS) is 11.2. The van der Waals surface area contributed by atoms with Crippen molar-refractivity contribution >= 4 is 33.3 Å². The number of anilines is 2. The van der Waals surface area contributed by atoms with Gasteiger partial charge in [0.1, 0.15) is 10.6 Å². The average molecular weight is 427 g/mol. The van der Waals surface area contributed by atoms with Gasteiger partial charge >= 0.3 is 0 Å². The number of non-ortho nitro benzene ring substituents is 1. The molecule has 0 atom stereocenters. The van der Waals surface area contributed by atoms with Crippen molar-refractivity contribution < 1.29 is 18.1 Å². The van der Waals surface area contributed by atoms with Crippen LogP contribution in [0.2, 0.25) is 0 Å². The number of hydrogen-bond donors (Lipinski definition) is 2. The lowest BCUT2D eigenvalue weighted by atomic mass is 10.3. The third-order valence-electron chi connectivity index (χ3n) is 3.89. The van der Waals surface area contributed by atoms with Gasteiger partial charge in [0, 0.05) is 35.8 Å². The Bertz CT molecular complexity index is 1170. The fourth-order valence-electron chi connectivity index (χ4n) is 2.44.